The van der Waals surface area contributed by atoms with E-state index in [0.29, 0.717) is 18.2 Å². The summed E-state index contributed by atoms with van der Waals surface area (Å²) >= 11 is 1.78. The van der Waals surface area contributed by atoms with Crippen LogP contribution in [-0.2, 0) is 16.1 Å². The molecule has 1 aliphatic carbocycles. The lowest BCUT2D eigenvalue weighted by molar-refractivity contribution is -0.139. The number of amides is 2. The van der Waals surface area contributed by atoms with Crippen molar-refractivity contribution in [2.45, 2.75) is 57.0 Å². The Labute approximate surface area is 147 Å². The fourth-order valence-corrected chi connectivity index (χ4v) is 5.41. The number of hydrogen-bond donors (Lipinski definition) is 1. The van der Waals surface area contributed by atoms with Gasteiger partial charge in [-0.3, -0.25) is 14.6 Å². The molecule has 1 saturated heterocycles. The predicted octanol–water partition coefficient (Wildman–Crippen LogP) is 2.57. The van der Waals surface area contributed by atoms with Gasteiger partial charge in [0.1, 0.15) is 6.04 Å². The van der Waals surface area contributed by atoms with Gasteiger partial charge in [-0.2, -0.15) is 0 Å². The van der Waals surface area contributed by atoms with Crippen molar-refractivity contribution in [3.05, 3.63) is 30.1 Å². The maximum absolute atomic E-state index is 12.6. The van der Waals surface area contributed by atoms with Crippen LogP contribution in [-0.4, -0.2) is 38.9 Å². The zero-order valence-electron chi connectivity index (χ0n) is 14.1. The molecule has 0 aromatic carbocycles. The number of carbonyl (C=O) groups is 2. The smallest absolute Gasteiger partial charge is 0.243 e. The molecule has 6 heteroatoms. The Hall–Kier alpha value is -1.56. The minimum absolute atomic E-state index is 0.0112. The van der Waals surface area contributed by atoms with Crippen LogP contribution in [0.1, 0.15) is 44.6 Å². The Kier molecular flexibility index (Phi) is 5.76. The Morgan fingerprint density at radius 3 is 2.79 bits per heavy atom. The maximum atomic E-state index is 12.6. The summed E-state index contributed by atoms with van der Waals surface area (Å²) in [6.07, 6.45) is 9.58. The maximum Gasteiger partial charge on any atom is 0.243 e. The predicted molar refractivity (Wildman–Crippen MR) is 95.2 cm³/mol. The van der Waals surface area contributed by atoms with Crippen molar-refractivity contribution in [1.29, 1.82) is 0 Å². The van der Waals surface area contributed by atoms with E-state index in [1.807, 2.05) is 17.0 Å². The number of aromatic nitrogens is 1. The molecule has 2 aliphatic rings. The first-order valence-electron chi connectivity index (χ1n) is 8.74. The second-order valence-corrected chi connectivity index (χ2v) is 7.79. The molecule has 24 heavy (non-hydrogen) atoms. The molecule has 2 fully saturated rings. The number of nitrogens with zero attached hydrogens (tertiary/aromatic N) is 2. The van der Waals surface area contributed by atoms with Crippen molar-refractivity contribution in [3.63, 3.8) is 0 Å². The van der Waals surface area contributed by atoms with Crippen molar-refractivity contribution >= 4 is 23.6 Å². The van der Waals surface area contributed by atoms with Crippen LogP contribution in [0.3, 0.4) is 0 Å². The van der Waals surface area contributed by atoms with Gasteiger partial charge < -0.3 is 10.2 Å². The first kappa shape index (κ1) is 17.3. The van der Waals surface area contributed by atoms with Crippen molar-refractivity contribution in [1.82, 2.24) is 15.2 Å². The van der Waals surface area contributed by atoms with Crippen LogP contribution < -0.4 is 5.32 Å². The summed E-state index contributed by atoms with van der Waals surface area (Å²) in [6, 6.07) is 3.44. The molecule has 1 saturated carbocycles. The first-order chi connectivity index (χ1) is 11.7. The van der Waals surface area contributed by atoms with E-state index in [4.69, 9.17) is 0 Å². The van der Waals surface area contributed by atoms with Gasteiger partial charge in [-0.1, -0.05) is 25.3 Å². The van der Waals surface area contributed by atoms with E-state index < -0.39 is 0 Å². The van der Waals surface area contributed by atoms with Crippen LogP contribution in [0.15, 0.2) is 24.5 Å². The van der Waals surface area contributed by atoms with E-state index in [2.05, 4.69) is 10.3 Å². The first-order valence-corrected chi connectivity index (χ1v) is 9.79. The van der Waals surface area contributed by atoms with E-state index in [9.17, 15) is 9.59 Å². The molecule has 1 aromatic heterocycles. The van der Waals surface area contributed by atoms with Gasteiger partial charge in [0, 0.05) is 31.6 Å². The Morgan fingerprint density at radius 1 is 1.33 bits per heavy atom. The molecule has 2 unspecified atom stereocenters. The summed E-state index contributed by atoms with van der Waals surface area (Å²) in [4.78, 5) is 30.7. The molecule has 3 rings (SSSR count). The van der Waals surface area contributed by atoms with Gasteiger partial charge in [-0.25, -0.2) is 0 Å². The van der Waals surface area contributed by atoms with E-state index in [1.165, 1.54) is 32.1 Å². The summed E-state index contributed by atoms with van der Waals surface area (Å²) in [6.45, 7) is 2.04. The average Bonchev–Trinajstić information content (AvgIpc) is 3.07. The van der Waals surface area contributed by atoms with Gasteiger partial charge in [0.15, 0.2) is 0 Å². The number of carbonyl (C=O) groups excluding carboxylic acids is 2. The molecule has 2 heterocycles. The van der Waals surface area contributed by atoms with Crippen molar-refractivity contribution < 1.29 is 9.59 Å². The molecule has 2 atom stereocenters. The fourth-order valence-electron chi connectivity index (χ4n) is 3.72. The van der Waals surface area contributed by atoms with Crippen LogP contribution >= 0.6 is 11.8 Å². The number of pyridine rings is 1. The second-order valence-electron chi connectivity index (χ2n) is 6.64. The van der Waals surface area contributed by atoms with E-state index in [0.717, 1.165) is 5.56 Å². The summed E-state index contributed by atoms with van der Waals surface area (Å²) in [5.41, 5.74) is 0.967. The largest absolute Gasteiger partial charge is 0.350 e. The molecule has 1 N–H and O–H groups in total. The lowest BCUT2D eigenvalue weighted by Gasteiger charge is -2.34. The van der Waals surface area contributed by atoms with Gasteiger partial charge in [0.25, 0.3) is 0 Å². The summed E-state index contributed by atoms with van der Waals surface area (Å²) < 4.78 is 0. The Morgan fingerprint density at radius 2 is 2.12 bits per heavy atom. The Bertz CT molecular complexity index is 575. The van der Waals surface area contributed by atoms with Gasteiger partial charge in [-0.15, -0.1) is 11.8 Å². The highest BCUT2D eigenvalue weighted by molar-refractivity contribution is 8.00. The van der Waals surface area contributed by atoms with Gasteiger partial charge >= 0.3 is 0 Å². The average molecular weight is 347 g/mol. The van der Waals surface area contributed by atoms with Crippen molar-refractivity contribution in [2.24, 2.45) is 5.92 Å². The van der Waals surface area contributed by atoms with Crippen LogP contribution in [0.25, 0.3) is 0 Å². The minimum Gasteiger partial charge on any atom is -0.350 e. The Balaban J connectivity index is 1.63. The van der Waals surface area contributed by atoms with Gasteiger partial charge in [-0.05, 0) is 30.4 Å². The lowest BCUT2D eigenvalue weighted by atomic mass is 9.88. The van der Waals surface area contributed by atoms with Crippen LogP contribution in [0.5, 0.6) is 0 Å². The lowest BCUT2D eigenvalue weighted by Crippen LogP contribution is -2.50. The standard InChI is InChI=1S/C18H25N3O2S/c1-13(22)21-16(12-24-18(21)15-7-3-2-4-8-15)17(23)20-11-14-6-5-9-19-10-14/h5-6,9-10,15-16,18H,2-4,7-8,11-12H2,1H3,(H,20,23). The third-order valence-electron chi connectivity index (χ3n) is 4.94. The van der Waals surface area contributed by atoms with Crippen LogP contribution in [0.2, 0.25) is 0 Å². The molecule has 1 aromatic rings. The normalized spacial score (nSPS) is 24.8. The van der Waals surface area contributed by atoms with Crippen molar-refractivity contribution in [3.8, 4) is 0 Å². The quantitative estimate of drug-likeness (QED) is 0.909. The second kappa shape index (κ2) is 8.01. The number of thioether (sulfide) groups is 1. The highest BCUT2D eigenvalue weighted by atomic mass is 32.2. The molecule has 0 spiro atoms. The number of rotatable bonds is 4. The molecular weight excluding hydrogens is 322 g/mol. The topological polar surface area (TPSA) is 62.3 Å². The molecule has 0 radical (unpaired) electrons. The van der Waals surface area contributed by atoms with Crippen LogP contribution in [0, 0.1) is 5.92 Å². The monoisotopic (exact) mass is 347 g/mol. The van der Waals surface area contributed by atoms with E-state index >= 15 is 0 Å². The zero-order valence-corrected chi connectivity index (χ0v) is 14.9. The molecule has 1 aliphatic heterocycles. The molecule has 5 nitrogen and oxygen atoms in total. The van der Waals surface area contributed by atoms with E-state index in [-0.39, 0.29) is 23.2 Å². The summed E-state index contributed by atoms with van der Waals surface area (Å²) in [5.74, 6) is 1.18. The molecule has 2 amide bonds. The third kappa shape index (κ3) is 3.91. The zero-order chi connectivity index (χ0) is 16.9. The minimum atomic E-state index is -0.351. The van der Waals surface area contributed by atoms with Crippen LogP contribution in [0.4, 0.5) is 0 Å². The highest BCUT2D eigenvalue weighted by Gasteiger charge is 2.43. The highest BCUT2D eigenvalue weighted by Crippen LogP contribution is 2.40. The SMILES string of the molecule is CC(=O)N1C(C(=O)NCc2cccnc2)CSC1C1CCCCC1. The molecule has 130 valence electrons. The summed E-state index contributed by atoms with van der Waals surface area (Å²) in [7, 11) is 0. The molecule has 0 bridgehead atoms. The van der Waals surface area contributed by atoms with E-state index in [1.54, 1.807) is 31.1 Å². The molecular formula is C18H25N3O2S. The number of nitrogens with one attached hydrogen (secondary N) is 1. The number of hydrogen-bond acceptors (Lipinski definition) is 4. The van der Waals surface area contributed by atoms with Gasteiger partial charge in [0.05, 0.1) is 5.37 Å². The summed E-state index contributed by atoms with van der Waals surface area (Å²) in [5, 5.41) is 3.13. The van der Waals surface area contributed by atoms with Gasteiger partial charge in [0.2, 0.25) is 11.8 Å². The fraction of sp³-hybridized carbons (Fsp3) is 0.611. The third-order valence-corrected chi connectivity index (χ3v) is 6.41. The van der Waals surface area contributed by atoms with Crippen molar-refractivity contribution in [2.75, 3.05) is 5.75 Å².